The molecule has 0 aromatic heterocycles. The van der Waals surface area contributed by atoms with Gasteiger partial charge < -0.3 is 20.7 Å². The molecule has 3 N–H and O–H groups in total. The molecule has 0 aliphatic carbocycles. The zero-order valence-electron chi connectivity index (χ0n) is 15.0. The number of nitrogens with one attached hydrogen (secondary N) is 3. The lowest BCUT2D eigenvalue weighted by atomic mass is 10.1. The summed E-state index contributed by atoms with van der Waals surface area (Å²) in [6, 6.07) is 7.54. The summed E-state index contributed by atoms with van der Waals surface area (Å²) in [5.74, 6) is 0.749. The topological polar surface area (TPSA) is 74.8 Å². The van der Waals surface area contributed by atoms with Gasteiger partial charge in [-0.3, -0.25) is 4.79 Å². The minimum Gasteiger partial charge on any atom is -0.382 e. The van der Waals surface area contributed by atoms with Gasteiger partial charge in [0.2, 0.25) is 0 Å². The van der Waals surface area contributed by atoms with Crippen LogP contribution >= 0.6 is 0 Å². The fraction of sp³-hybridized carbons (Fsp3) is 0.556. The highest BCUT2D eigenvalue weighted by molar-refractivity contribution is 5.94. The zero-order valence-corrected chi connectivity index (χ0v) is 15.0. The Bertz CT molecular complexity index is 500. The molecule has 1 amide bonds. The Morgan fingerprint density at radius 1 is 1.04 bits per heavy atom. The normalized spacial score (nSPS) is 11.2. The van der Waals surface area contributed by atoms with Crippen LogP contribution in [0.4, 0.5) is 0 Å². The number of carbonyl (C=O) groups excluding carboxylic acids is 1. The molecule has 1 aromatic rings. The van der Waals surface area contributed by atoms with E-state index in [1.54, 1.807) is 0 Å². The molecule has 0 bridgehead atoms. The van der Waals surface area contributed by atoms with Crippen molar-refractivity contribution in [2.45, 2.75) is 33.7 Å². The first-order chi connectivity index (χ1) is 11.7. The number of nitrogens with zero attached hydrogens (tertiary/aromatic N) is 1. The Balaban J connectivity index is 2.51. The third-order valence-corrected chi connectivity index (χ3v) is 3.28. The van der Waals surface area contributed by atoms with Gasteiger partial charge in [-0.25, -0.2) is 4.99 Å². The van der Waals surface area contributed by atoms with Crippen LogP contribution in [0, 0.1) is 0 Å². The number of hydrogen-bond donors (Lipinski definition) is 3. The minimum atomic E-state index is -0.0446. The van der Waals surface area contributed by atoms with Gasteiger partial charge in [0.15, 0.2) is 5.96 Å². The maximum absolute atomic E-state index is 11.7. The number of ether oxygens (including phenoxy) is 1. The largest absolute Gasteiger partial charge is 0.382 e. The summed E-state index contributed by atoms with van der Waals surface area (Å²) in [4.78, 5) is 16.3. The second-order valence-corrected chi connectivity index (χ2v) is 5.23. The molecular weight excluding hydrogens is 304 g/mol. The average Bonchev–Trinajstić information content (AvgIpc) is 2.60. The molecule has 0 saturated heterocycles. The highest BCUT2D eigenvalue weighted by Gasteiger charge is 2.03. The van der Waals surface area contributed by atoms with Crippen LogP contribution in [0.3, 0.4) is 0 Å². The number of carbonyl (C=O) groups is 1. The molecule has 0 spiro atoms. The second-order valence-electron chi connectivity index (χ2n) is 5.23. The fourth-order valence-corrected chi connectivity index (χ4v) is 2.06. The van der Waals surface area contributed by atoms with Crippen molar-refractivity contribution < 1.29 is 9.53 Å². The van der Waals surface area contributed by atoms with Crippen molar-refractivity contribution in [2.24, 2.45) is 4.99 Å². The Labute approximate surface area is 145 Å². The maximum Gasteiger partial charge on any atom is 0.251 e. The second kappa shape index (κ2) is 12.4. The van der Waals surface area contributed by atoms with Crippen molar-refractivity contribution in [1.82, 2.24) is 16.0 Å². The molecular formula is C18H30N4O2. The van der Waals surface area contributed by atoms with Crippen LogP contribution in [0.15, 0.2) is 29.3 Å². The Kier molecular flexibility index (Phi) is 10.3. The maximum atomic E-state index is 11.7. The highest BCUT2D eigenvalue weighted by atomic mass is 16.5. The monoisotopic (exact) mass is 334 g/mol. The van der Waals surface area contributed by atoms with Crippen LogP contribution in [0.1, 0.15) is 43.1 Å². The molecule has 6 heteroatoms. The van der Waals surface area contributed by atoms with Gasteiger partial charge in [0.05, 0.1) is 6.54 Å². The molecule has 0 unspecified atom stereocenters. The van der Waals surface area contributed by atoms with Gasteiger partial charge in [-0.2, -0.15) is 0 Å². The first kappa shape index (κ1) is 20.0. The number of amides is 1. The molecule has 0 atom stereocenters. The Hall–Kier alpha value is -2.08. The van der Waals surface area contributed by atoms with E-state index >= 15 is 0 Å². The molecule has 134 valence electrons. The summed E-state index contributed by atoms with van der Waals surface area (Å²) in [6.07, 6.45) is 0.944. The first-order valence-electron chi connectivity index (χ1n) is 8.68. The van der Waals surface area contributed by atoms with Crippen molar-refractivity contribution >= 4 is 11.9 Å². The van der Waals surface area contributed by atoms with E-state index in [0.29, 0.717) is 18.7 Å². The van der Waals surface area contributed by atoms with E-state index in [2.05, 4.69) is 20.9 Å². The quantitative estimate of drug-likeness (QED) is 0.347. The molecule has 6 nitrogen and oxygen atoms in total. The van der Waals surface area contributed by atoms with E-state index in [1.165, 1.54) is 0 Å². The molecule has 0 saturated carbocycles. The van der Waals surface area contributed by atoms with Crippen LogP contribution in [0.25, 0.3) is 0 Å². The smallest absolute Gasteiger partial charge is 0.251 e. The van der Waals surface area contributed by atoms with Crippen molar-refractivity contribution in [3.63, 3.8) is 0 Å². The first-order valence-corrected chi connectivity index (χ1v) is 8.68. The Morgan fingerprint density at radius 2 is 1.75 bits per heavy atom. The van der Waals surface area contributed by atoms with Crippen LogP contribution < -0.4 is 16.0 Å². The van der Waals surface area contributed by atoms with Crippen LogP contribution in [-0.4, -0.2) is 44.7 Å². The lowest BCUT2D eigenvalue weighted by Gasteiger charge is -2.11. The van der Waals surface area contributed by atoms with E-state index < -0.39 is 0 Å². The van der Waals surface area contributed by atoms with E-state index in [0.717, 1.165) is 44.2 Å². The zero-order chi connectivity index (χ0) is 17.6. The predicted octanol–water partition coefficient (Wildman–Crippen LogP) is 1.92. The predicted molar refractivity (Wildman–Crippen MR) is 98.4 cm³/mol. The lowest BCUT2D eigenvalue weighted by molar-refractivity contribution is 0.0956. The highest BCUT2D eigenvalue weighted by Crippen LogP contribution is 2.05. The van der Waals surface area contributed by atoms with Gasteiger partial charge in [-0.15, -0.1) is 0 Å². The molecule has 1 rings (SSSR count). The SMILES string of the molecule is CCNC(=O)c1ccc(CN=C(NCC)NCCCOCC)cc1. The van der Waals surface area contributed by atoms with Gasteiger partial charge in [0.25, 0.3) is 5.91 Å². The average molecular weight is 334 g/mol. The van der Waals surface area contributed by atoms with Gasteiger partial charge >= 0.3 is 0 Å². The summed E-state index contributed by atoms with van der Waals surface area (Å²) in [7, 11) is 0. The van der Waals surface area contributed by atoms with Gasteiger partial charge in [-0.05, 0) is 44.9 Å². The number of guanidine groups is 1. The molecule has 0 heterocycles. The molecule has 1 aromatic carbocycles. The molecule has 0 aliphatic heterocycles. The van der Waals surface area contributed by atoms with Crippen molar-refractivity contribution in [2.75, 3.05) is 32.8 Å². The van der Waals surface area contributed by atoms with Gasteiger partial charge in [0.1, 0.15) is 0 Å². The van der Waals surface area contributed by atoms with Crippen molar-refractivity contribution in [3.8, 4) is 0 Å². The van der Waals surface area contributed by atoms with Gasteiger partial charge in [0, 0.05) is 38.4 Å². The molecule has 24 heavy (non-hydrogen) atoms. The van der Waals surface area contributed by atoms with Crippen molar-refractivity contribution in [3.05, 3.63) is 35.4 Å². The standard InChI is InChI=1S/C18H30N4O2/c1-4-19-17(23)16-10-8-15(9-11-16)14-22-18(20-5-2)21-12-7-13-24-6-3/h8-11H,4-7,12-14H2,1-3H3,(H,19,23)(H2,20,21,22). The molecule has 0 aliphatic rings. The number of hydrogen-bond acceptors (Lipinski definition) is 3. The van der Waals surface area contributed by atoms with Crippen LogP contribution in [-0.2, 0) is 11.3 Å². The Morgan fingerprint density at radius 3 is 2.38 bits per heavy atom. The minimum absolute atomic E-state index is 0.0446. The summed E-state index contributed by atoms with van der Waals surface area (Å²) in [5, 5.41) is 9.30. The third-order valence-electron chi connectivity index (χ3n) is 3.28. The number of aliphatic imine (C=N–C) groups is 1. The third kappa shape index (κ3) is 7.97. The number of benzene rings is 1. The summed E-state index contributed by atoms with van der Waals surface area (Å²) >= 11 is 0. The van der Waals surface area contributed by atoms with Crippen LogP contribution in [0.2, 0.25) is 0 Å². The summed E-state index contributed by atoms with van der Waals surface area (Å²) in [5.41, 5.74) is 1.74. The lowest BCUT2D eigenvalue weighted by Crippen LogP contribution is -2.38. The molecule has 0 fully saturated rings. The van der Waals surface area contributed by atoms with E-state index in [1.807, 2.05) is 45.0 Å². The summed E-state index contributed by atoms with van der Waals surface area (Å²) < 4.78 is 5.32. The van der Waals surface area contributed by atoms with E-state index in [-0.39, 0.29) is 5.91 Å². The van der Waals surface area contributed by atoms with E-state index in [4.69, 9.17) is 4.74 Å². The number of rotatable bonds is 10. The summed E-state index contributed by atoms with van der Waals surface area (Å²) in [6.45, 7) is 10.3. The van der Waals surface area contributed by atoms with E-state index in [9.17, 15) is 4.79 Å². The molecule has 0 radical (unpaired) electrons. The van der Waals surface area contributed by atoms with Crippen molar-refractivity contribution in [1.29, 1.82) is 0 Å². The van der Waals surface area contributed by atoms with Gasteiger partial charge in [-0.1, -0.05) is 12.1 Å². The van der Waals surface area contributed by atoms with Crippen LogP contribution in [0.5, 0.6) is 0 Å². The fourth-order valence-electron chi connectivity index (χ4n) is 2.06.